The lowest BCUT2D eigenvalue weighted by molar-refractivity contribution is 0.234. The zero-order valence-electron chi connectivity index (χ0n) is 10.7. The van der Waals surface area contributed by atoms with Gasteiger partial charge in [0.1, 0.15) is 0 Å². The third-order valence-corrected chi connectivity index (χ3v) is 2.40. The second-order valence-electron chi connectivity index (χ2n) is 3.85. The van der Waals surface area contributed by atoms with Gasteiger partial charge in [-0.15, -0.1) is 0 Å². The highest BCUT2D eigenvalue weighted by Gasteiger charge is 1.93. The first kappa shape index (κ1) is 13.5. The molecule has 0 aliphatic heterocycles. The van der Waals surface area contributed by atoms with E-state index in [0.717, 1.165) is 17.5 Å². The summed E-state index contributed by atoms with van der Waals surface area (Å²) in [4.78, 5) is 0. The van der Waals surface area contributed by atoms with Crippen LogP contribution >= 0.6 is 0 Å². The van der Waals surface area contributed by atoms with Crippen molar-refractivity contribution in [2.75, 3.05) is 13.7 Å². The van der Waals surface area contributed by atoms with E-state index in [2.05, 4.69) is 37.0 Å². The standard InChI is InChI=1S/C16H20O/c1-3-4-5-6-10-15-11-7-8-12-16(15)13-9-14-17-2/h7-9,11-13H,3-5,14H2,1-2H3/b13-9+. The molecule has 0 aromatic heterocycles. The molecule has 90 valence electrons. The Bertz CT molecular complexity index is 407. The Kier molecular flexibility index (Phi) is 6.86. The molecule has 0 N–H and O–H groups in total. The van der Waals surface area contributed by atoms with Crippen molar-refractivity contribution in [3.05, 3.63) is 41.5 Å². The van der Waals surface area contributed by atoms with Crippen LogP contribution in [0.5, 0.6) is 0 Å². The largest absolute Gasteiger partial charge is 0.381 e. The van der Waals surface area contributed by atoms with Gasteiger partial charge in [0, 0.05) is 19.1 Å². The predicted octanol–water partition coefficient (Wildman–Crippen LogP) is 3.89. The SMILES string of the molecule is CCCCC#Cc1ccccc1/C=C/COC. The second-order valence-corrected chi connectivity index (χ2v) is 3.85. The van der Waals surface area contributed by atoms with Crippen molar-refractivity contribution in [1.82, 2.24) is 0 Å². The van der Waals surface area contributed by atoms with Crippen LogP contribution in [0.15, 0.2) is 30.3 Å². The first-order valence-corrected chi connectivity index (χ1v) is 6.12. The van der Waals surface area contributed by atoms with Crippen molar-refractivity contribution in [3.63, 3.8) is 0 Å². The quantitative estimate of drug-likeness (QED) is 0.549. The second kappa shape index (κ2) is 8.61. The first-order chi connectivity index (χ1) is 8.38. The van der Waals surface area contributed by atoms with Crippen molar-refractivity contribution in [1.29, 1.82) is 0 Å². The summed E-state index contributed by atoms with van der Waals surface area (Å²) in [5.74, 6) is 6.45. The summed E-state index contributed by atoms with van der Waals surface area (Å²) < 4.78 is 4.99. The molecule has 0 saturated heterocycles. The van der Waals surface area contributed by atoms with Gasteiger partial charge in [-0.05, 0) is 18.1 Å². The maximum Gasteiger partial charge on any atom is 0.0646 e. The van der Waals surface area contributed by atoms with Crippen LogP contribution in [0, 0.1) is 11.8 Å². The average molecular weight is 228 g/mol. The van der Waals surface area contributed by atoms with Gasteiger partial charge in [-0.1, -0.05) is 55.5 Å². The van der Waals surface area contributed by atoms with Gasteiger partial charge < -0.3 is 4.74 Å². The van der Waals surface area contributed by atoms with Gasteiger partial charge in [0.15, 0.2) is 0 Å². The maximum atomic E-state index is 4.99. The number of hydrogen-bond donors (Lipinski definition) is 0. The van der Waals surface area contributed by atoms with Crippen LogP contribution in [-0.4, -0.2) is 13.7 Å². The molecule has 0 unspecified atom stereocenters. The fourth-order valence-electron chi connectivity index (χ4n) is 1.45. The Balaban J connectivity index is 2.72. The zero-order valence-corrected chi connectivity index (χ0v) is 10.7. The van der Waals surface area contributed by atoms with Crippen molar-refractivity contribution in [2.45, 2.75) is 26.2 Å². The molecule has 0 atom stereocenters. The molecule has 17 heavy (non-hydrogen) atoms. The number of benzene rings is 1. The Morgan fingerprint density at radius 3 is 2.88 bits per heavy atom. The number of methoxy groups -OCH3 is 1. The van der Waals surface area contributed by atoms with Gasteiger partial charge in [0.05, 0.1) is 6.61 Å². The minimum Gasteiger partial charge on any atom is -0.381 e. The van der Waals surface area contributed by atoms with Gasteiger partial charge in [-0.25, -0.2) is 0 Å². The number of unbranched alkanes of at least 4 members (excludes halogenated alkanes) is 2. The minimum atomic E-state index is 0.637. The number of hydrogen-bond acceptors (Lipinski definition) is 1. The summed E-state index contributed by atoms with van der Waals surface area (Å²) in [6.07, 6.45) is 7.42. The highest BCUT2D eigenvalue weighted by atomic mass is 16.5. The molecule has 0 radical (unpaired) electrons. The molecule has 1 aromatic rings. The van der Waals surface area contributed by atoms with Crippen LogP contribution in [0.1, 0.15) is 37.3 Å². The summed E-state index contributed by atoms with van der Waals surface area (Å²) in [6.45, 7) is 2.82. The lowest BCUT2D eigenvalue weighted by Gasteiger charge is -1.98. The smallest absolute Gasteiger partial charge is 0.0646 e. The van der Waals surface area contributed by atoms with Crippen molar-refractivity contribution >= 4 is 6.08 Å². The zero-order chi connectivity index (χ0) is 12.3. The van der Waals surface area contributed by atoms with Crippen LogP contribution in [0.2, 0.25) is 0 Å². The first-order valence-electron chi connectivity index (χ1n) is 6.12. The summed E-state index contributed by atoms with van der Waals surface area (Å²) in [7, 11) is 1.70. The van der Waals surface area contributed by atoms with Crippen LogP contribution in [0.25, 0.3) is 6.08 Å². The Labute approximate surface area is 105 Å². The number of ether oxygens (including phenoxy) is 1. The lowest BCUT2D eigenvalue weighted by Crippen LogP contribution is -1.84. The van der Waals surface area contributed by atoms with Crippen LogP contribution < -0.4 is 0 Å². The topological polar surface area (TPSA) is 9.23 Å². The van der Waals surface area contributed by atoms with Crippen LogP contribution in [0.3, 0.4) is 0 Å². The van der Waals surface area contributed by atoms with Crippen LogP contribution in [0.4, 0.5) is 0 Å². The normalized spacial score (nSPS) is 10.2. The third-order valence-electron chi connectivity index (χ3n) is 2.40. The highest BCUT2D eigenvalue weighted by molar-refractivity contribution is 5.59. The van der Waals surface area contributed by atoms with E-state index in [1.807, 2.05) is 18.2 Å². The molecule has 1 heteroatoms. The minimum absolute atomic E-state index is 0.637. The molecule has 0 heterocycles. The molecule has 0 fully saturated rings. The van der Waals surface area contributed by atoms with Gasteiger partial charge in [0.2, 0.25) is 0 Å². The molecule has 0 spiro atoms. The average Bonchev–Trinajstić information content (AvgIpc) is 2.36. The van der Waals surface area contributed by atoms with Gasteiger partial charge in [-0.2, -0.15) is 0 Å². The summed E-state index contributed by atoms with van der Waals surface area (Å²) in [5.41, 5.74) is 2.25. The molecule has 0 bridgehead atoms. The van der Waals surface area contributed by atoms with E-state index in [4.69, 9.17) is 4.74 Å². The van der Waals surface area contributed by atoms with Crippen molar-refractivity contribution < 1.29 is 4.74 Å². The monoisotopic (exact) mass is 228 g/mol. The van der Waals surface area contributed by atoms with Gasteiger partial charge >= 0.3 is 0 Å². The Hall–Kier alpha value is -1.52. The molecule has 1 aromatic carbocycles. The van der Waals surface area contributed by atoms with Crippen molar-refractivity contribution in [2.24, 2.45) is 0 Å². The Morgan fingerprint density at radius 1 is 1.29 bits per heavy atom. The molecular formula is C16H20O. The van der Waals surface area contributed by atoms with Crippen molar-refractivity contribution in [3.8, 4) is 11.8 Å². The molecular weight excluding hydrogens is 208 g/mol. The van der Waals surface area contributed by atoms with Crippen LogP contribution in [-0.2, 0) is 4.74 Å². The predicted molar refractivity (Wildman–Crippen MR) is 73.8 cm³/mol. The lowest BCUT2D eigenvalue weighted by atomic mass is 10.1. The summed E-state index contributed by atoms with van der Waals surface area (Å²) in [5, 5.41) is 0. The van der Waals surface area contributed by atoms with E-state index >= 15 is 0 Å². The van der Waals surface area contributed by atoms with E-state index in [-0.39, 0.29) is 0 Å². The van der Waals surface area contributed by atoms with Gasteiger partial charge in [-0.3, -0.25) is 0 Å². The van der Waals surface area contributed by atoms with E-state index in [1.165, 1.54) is 12.8 Å². The number of rotatable bonds is 5. The Morgan fingerprint density at radius 2 is 2.12 bits per heavy atom. The fraction of sp³-hybridized carbons (Fsp3) is 0.375. The van der Waals surface area contributed by atoms with E-state index in [1.54, 1.807) is 7.11 Å². The summed E-state index contributed by atoms with van der Waals surface area (Å²) in [6, 6.07) is 8.20. The molecule has 1 rings (SSSR count). The van der Waals surface area contributed by atoms with Gasteiger partial charge in [0.25, 0.3) is 0 Å². The molecule has 0 amide bonds. The maximum absolute atomic E-state index is 4.99. The molecule has 1 nitrogen and oxygen atoms in total. The molecule has 0 aliphatic carbocycles. The van der Waals surface area contributed by atoms with E-state index < -0.39 is 0 Å². The van der Waals surface area contributed by atoms with E-state index in [0.29, 0.717) is 6.61 Å². The fourth-order valence-corrected chi connectivity index (χ4v) is 1.45. The third kappa shape index (κ3) is 5.38. The molecule has 0 saturated carbocycles. The highest BCUT2D eigenvalue weighted by Crippen LogP contribution is 2.09. The molecule has 0 aliphatic rings. The summed E-state index contributed by atoms with van der Waals surface area (Å²) >= 11 is 0. The van der Waals surface area contributed by atoms with E-state index in [9.17, 15) is 0 Å².